The van der Waals surface area contributed by atoms with Crippen molar-refractivity contribution in [3.63, 3.8) is 0 Å². The van der Waals surface area contributed by atoms with Gasteiger partial charge in [0.2, 0.25) is 5.91 Å². The van der Waals surface area contributed by atoms with Crippen LogP contribution in [0, 0.1) is 5.92 Å². The first-order valence-corrected chi connectivity index (χ1v) is 11.6. The Morgan fingerprint density at radius 2 is 2.21 bits per heavy atom. The Balaban J connectivity index is 1.51. The van der Waals surface area contributed by atoms with Crippen LogP contribution in [0.4, 0.5) is 5.69 Å². The standard InChI is InChI=1S/C22H24N4OS2/c1-3-11-26-21(18-13-28-19-12-15(2)9-10-17(18)19)24-25-22(26)29-14-20(27)23-16-7-5-4-6-8-16/h3-8,13,15H,1,9-12,14H2,2H3,(H,23,27). The van der Waals surface area contributed by atoms with Gasteiger partial charge in [-0.1, -0.05) is 43.0 Å². The zero-order valence-electron chi connectivity index (χ0n) is 16.4. The van der Waals surface area contributed by atoms with Gasteiger partial charge in [0.15, 0.2) is 11.0 Å². The van der Waals surface area contributed by atoms with Gasteiger partial charge in [-0.3, -0.25) is 9.36 Å². The van der Waals surface area contributed by atoms with E-state index in [4.69, 9.17) is 0 Å². The molecule has 0 bridgehead atoms. The summed E-state index contributed by atoms with van der Waals surface area (Å²) in [5.74, 6) is 1.85. The Morgan fingerprint density at radius 1 is 1.38 bits per heavy atom. The fraction of sp³-hybridized carbons (Fsp3) is 0.318. The maximum absolute atomic E-state index is 12.3. The van der Waals surface area contributed by atoms with Crippen molar-refractivity contribution in [2.75, 3.05) is 11.1 Å². The lowest BCUT2D eigenvalue weighted by molar-refractivity contribution is -0.113. The van der Waals surface area contributed by atoms with Crippen LogP contribution in [0.15, 0.2) is 53.5 Å². The van der Waals surface area contributed by atoms with Gasteiger partial charge in [0, 0.05) is 28.1 Å². The molecule has 1 amide bonds. The lowest BCUT2D eigenvalue weighted by Gasteiger charge is -2.19. The van der Waals surface area contributed by atoms with Gasteiger partial charge < -0.3 is 5.32 Å². The molecular formula is C22H24N4OS2. The highest BCUT2D eigenvalue weighted by atomic mass is 32.2. The van der Waals surface area contributed by atoms with Crippen LogP contribution in [0.3, 0.4) is 0 Å². The number of carbonyl (C=O) groups is 1. The lowest BCUT2D eigenvalue weighted by Crippen LogP contribution is -2.14. The number of nitrogens with one attached hydrogen (secondary N) is 1. The summed E-state index contributed by atoms with van der Waals surface area (Å²) in [6.45, 7) is 6.82. The van der Waals surface area contributed by atoms with Gasteiger partial charge in [-0.25, -0.2) is 0 Å². The van der Waals surface area contributed by atoms with E-state index in [-0.39, 0.29) is 11.7 Å². The third-order valence-electron chi connectivity index (χ3n) is 5.06. The molecule has 0 radical (unpaired) electrons. The lowest BCUT2D eigenvalue weighted by atomic mass is 9.88. The Bertz CT molecular complexity index is 1010. The van der Waals surface area contributed by atoms with Gasteiger partial charge >= 0.3 is 0 Å². The van der Waals surface area contributed by atoms with Crippen LogP contribution in [0.25, 0.3) is 11.4 Å². The minimum Gasteiger partial charge on any atom is -0.325 e. The Labute approximate surface area is 179 Å². The first-order chi connectivity index (χ1) is 14.2. The van der Waals surface area contributed by atoms with Crippen LogP contribution >= 0.6 is 23.1 Å². The number of para-hydroxylation sites is 1. The van der Waals surface area contributed by atoms with E-state index >= 15 is 0 Å². The molecule has 5 nitrogen and oxygen atoms in total. The van der Waals surface area contributed by atoms with E-state index < -0.39 is 0 Å². The van der Waals surface area contributed by atoms with Crippen molar-refractivity contribution >= 4 is 34.7 Å². The molecule has 150 valence electrons. The van der Waals surface area contributed by atoms with Crippen LogP contribution in [0.2, 0.25) is 0 Å². The molecule has 1 aliphatic carbocycles. The van der Waals surface area contributed by atoms with E-state index in [1.165, 1.54) is 34.2 Å². The topological polar surface area (TPSA) is 59.8 Å². The number of allylic oxidation sites excluding steroid dienone is 1. The number of carbonyl (C=O) groups excluding carboxylic acids is 1. The zero-order chi connectivity index (χ0) is 20.2. The van der Waals surface area contributed by atoms with Gasteiger partial charge in [-0.2, -0.15) is 0 Å². The molecule has 1 unspecified atom stereocenters. The van der Waals surface area contributed by atoms with Gasteiger partial charge in [0.1, 0.15) is 0 Å². The molecule has 3 aromatic rings. The molecule has 2 heterocycles. The largest absolute Gasteiger partial charge is 0.325 e. The number of rotatable bonds is 7. The van der Waals surface area contributed by atoms with Crippen molar-refractivity contribution in [2.24, 2.45) is 5.92 Å². The van der Waals surface area contributed by atoms with Crippen molar-refractivity contribution in [3.8, 4) is 11.4 Å². The molecule has 1 atom stereocenters. The van der Waals surface area contributed by atoms with E-state index in [1.54, 1.807) is 0 Å². The molecule has 1 N–H and O–H groups in total. The van der Waals surface area contributed by atoms with E-state index in [0.717, 1.165) is 35.4 Å². The molecule has 2 aromatic heterocycles. The monoisotopic (exact) mass is 424 g/mol. The zero-order valence-corrected chi connectivity index (χ0v) is 18.1. The fourth-order valence-corrected chi connectivity index (χ4v) is 5.59. The summed E-state index contributed by atoms with van der Waals surface area (Å²) < 4.78 is 2.06. The first-order valence-electron chi connectivity index (χ1n) is 9.77. The number of amides is 1. The Morgan fingerprint density at radius 3 is 3.00 bits per heavy atom. The number of hydrogen-bond donors (Lipinski definition) is 1. The molecule has 0 aliphatic heterocycles. The van der Waals surface area contributed by atoms with E-state index in [1.807, 2.05) is 47.7 Å². The van der Waals surface area contributed by atoms with E-state index in [2.05, 4.69) is 39.0 Å². The van der Waals surface area contributed by atoms with Crippen molar-refractivity contribution in [1.29, 1.82) is 0 Å². The van der Waals surface area contributed by atoms with Gasteiger partial charge in [-0.15, -0.1) is 28.1 Å². The van der Waals surface area contributed by atoms with E-state index in [9.17, 15) is 4.79 Å². The number of aromatic nitrogens is 3. The number of thiophene rings is 1. The molecule has 1 aromatic carbocycles. The van der Waals surface area contributed by atoms with Crippen molar-refractivity contribution in [2.45, 2.75) is 37.9 Å². The predicted molar refractivity (Wildman–Crippen MR) is 121 cm³/mol. The highest BCUT2D eigenvalue weighted by molar-refractivity contribution is 7.99. The SMILES string of the molecule is C=CCn1c(SCC(=O)Nc2ccccc2)nnc1-c1csc2c1CCC(C)C2. The molecular weight excluding hydrogens is 400 g/mol. The predicted octanol–water partition coefficient (Wildman–Crippen LogP) is 5.05. The minimum absolute atomic E-state index is 0.0576. The van der Waals surface area contributed by atoms with Gasteiger partial charge in [-0.05, 0) is 42.9 Å². The van der Waals surface area contributed by atoms with E-state index in [0.29, 0.717) is 6.54 Å². The molecule has 0 saturated carbocycles. The highest BCUT2D eigenvalue weighted by Crippen LogP contribution is 2.38. The third kappa shape index (κ3) is 4.46. The maximum Gasteiger partial charge on any atom is 0.234 e. The molecule has 0 spiro atoms. The summed E-state index contributed by atoms with van der Waals surface area (Å²) in [6.07, 6.45) is 5.31. The molecule has 0 fully saturated rings. The average molecular weight is 425 g/mol. The normalized spacial score (nSPS) is 15.7. The summed E-state index contributed by atoms with van der Waals surface area (Å²) in [5.41, 5.74) is 3.40. The van der Waals surface area contributed by atoms with Crippen molar-refractivity contribution in [1.82, 2.24) is 14.8 Å². The molecule has 4 rings (SSSR count). The van der Waals surface area contributed by atoms with Crippen molar-refractivity contribution in [3.05, 3.63) is 58.8 Å². The second-order valence-electron chi connectivity index (χ2n) is 7.31. The summed E-state index contributed by atoms with van der Waals surface area (Å²) in [6, 6.07) is 9.48. The summed E-state index contributed by atoms with van der Waals surface area (Å²) in [7, 11) is 0. The molecule has 29 heavy (non-hydrogen) atoms. The van der Waals surface area contributed by atoms with Crippen LogP contribution in [0.1, 0.15) is 23.8 Å². The highest BCUT2D eigenvalue weighted by Gasteiger charge is 2.24. The second kappa shape index (κ2) is 8.97. The Kier molecular flexibility index (Phi) is 6.16. The number of fused-ring (bicyclic) bond motifs is 1. The number of anilines is 1. The number of hydrogen-bond acceptors (Lipinski definition) is 5. The molecule has 7 heteroatoms. The molecule has 1 aliphatic rings. The number of nitrogens with zero attached hydrogens (tertiary/aromatic N) is 3. The van der Waals surface area contributed by atoms with Gasteiger partial charge in [0.05, 0.1) is 5.75 Å². The summed E-state index contributed by atoms with van der Waals surface area (Å²) in [4.78, 5) is 13.8. The first kappa shape index (κ1) is 19.9. The fourth-order valence-electron chi connectivity index (χ4n) is 3.60. The van der Waals surface area contributed by atoms with Crippen molar-refractivity contribution < 1.29 is 4.79 Å². The summed E-state index contributed by atoms with van der Waals surface area (Å²) in [5, 5.41) is 14.7. The summed E-state index contributed by atoms with van der Waals surface area (Å²) >= 11 is 3.23. The van der Waals surface area contributed by atoms with Gasteiger partial charge in [0.25, 0.3) is 0 Å². The maximum atomic E-state index is 12.3. The smallest absolute Gasteiger partial charge is 0.234 e. The minimum atomic E-state index is -0.0576. The molecule has 0 saturated heterocycles. The van der Waals surface area contributed by atoms with Crippen LogP contribution in [-0.2, 0) is 24.2 Å². The second-order valence-corrected chi connectivity index (χ2v) is 9.21. The van der Waals surface area contributed by atoms with Crippen LogP contribution in [0.5, 0.6) is 0 Å². The Hall–Kier alpha value is -2.38. The number of benzene rings is 1. The quantitative estimate of drug-likeness (QED) is 0.426. The average Bonchev–Trinajstić information content (AvgIpc) is 3.31. The van der Waals surface area contributed by atoms with Crippen LogP contribution < -0.4 is 5.32 Å². The number of thioether (sulfide) groups is 1. The third-order valence-corrected chi connectivity index (χ3v) is 7.08. The van der Waals surface area contributed by atoms with Crippen LogP contribution in [-0.4, -0.2) is 26.4 Å².